The number of anilines is 1. The third-order valence-electron chi connectivity index (χ3n) is 4.80. The highest BCUT2D eigenvalue weighted by molar-refractivity contribution is 5.96. The third kappa shape index (κ3) is 3.61. The van der Waals surface area contributed by atoms with Crippen molar-refractivity contribution in [1.29, 1.82) is 0 Å². The number of phenols is 1. The van der Waals surface area contributed by atoms with Gasteiger partial charge in [-0.25, -0.2) is 4.79 Å². The van der Waals surface area contributed by atoms with Crippen LogP contribution in [0, 0.1) is 10.1 Å². The molecule has 0 aromatic heterocycles. The number of nitrogens with zero attached hydrogens (tertiary/aromatic N) is 2. The number of nitro benzene ring substituents is 1. The van der Waals surface area contributed by atoms with Gasteiger partial charge in [0.15, 0.2) is 0 Å². The monoisotopic (exact) mass is 356 g/mol. The maximum absolute atomic E-state index is 12.1. The lowest BCUT2D eigenvalue weighted by molar-refractivity contribution is -0.384. The van der Waals surface area contributed by atoms with E-state index in [1.807, 2.05) is 12.1 Å². The summed E-state index contributed by atoms with van der Waals surface area (Å²) >= 11 is 0. The Balaban J connectivity index is 1.79. The van der Waals surface area contributed by atoms with Gasteiger partial charge in [0.25, 0.3) is 5.69 Å². The highest BCUT2D eigenvalue weighted by atomic mass is 16.6. The summed E-state index contributed by atoms with van der Waals surface area (Å²) in [7, 11) is 1.27. The summed E-state index contributed by atoms with van der Waals surface area (Å²) in [5, 5.41) is 20.4. The molecule has 1 aliphatic rings. The maximum atomic E-state index is 12.1. The second-order valence-corrected chi connectivity index (χ2v) is 6.30. The van der Waals surface area contributed by atoms with Crippen molar-refractivity contribution < 1.29 is 19.6 Å². The van der Waals surface area contributed by atoms with Gasteiger partial charge in [0.05, 0.1) is 23.3 Å². The number of nitro groups is 1. The van der Waals surface area contributed by atoms with Crippen molar-refractivity contribution in [2.45, 2.75) is 18.8 Å². The van der Waals surface area contributed by atoms with Gasteiger partial charge in [0.2, 0.25) is 0 Å². The van der Waals surface area contributed by atoms with Crippen LogP contribution >= 0.6 is 0 Å². The average Bonchev–Trinajstić information content (AvgIpc) is 2.67. The zero-order valence-electron chi connectivity index (χ0n) is 14.4. The molecule has 0 unspecified atom stereocenters. The zero-order chi connectivity index (χ0) is 18.7. The highest BCUT2D eigenvalue weighted by Crippen LogP contribution is 2.33. The van der Waals surface area contributed by atoms with Gasteiger partial charge in [0, 0.05) is 25.2 Å². The van der Waals surface area contributed by atoms with Crippen molar-refractivity contribution in [3.63, 3.8) is 0 Å². The van der Waals surface area contributed by atoms with E-state index in [1.54, 1.807) is 18.2 Å². The second kappa shape index (κ2) is 7.43. The van der Waals surface area contributed by atoms with E-state index in [-0.39, 0.29) is 17.0 Å². The molecule has 26 heavy (non-hydrogen) atoms. The molecule has 1 N–H and O–H groups in total. The highest BCUT2D eigenvalue weighted by Gasteiger charge is 2.25. The van der Waals surface area contributed by atoms with Crippen LogP contribution in [-0.2, 0) is 4.74 Å². The van der Waals surface area contributed by atoms with Crippen LogP contribution in [0.2, 0.25) is 0 Å². The third-order valence-corrected chi connectivity index (χ3v) is 4.80. The van der Waals surface area contributed by atoms with Gasteiger partial charge in [0.1, 0.15) is 5.75 Å². The SMILES string of the molecule is COC(=O)c1cc([N+](=O)[O-])ccc1N1CCC(c2ccc(O)cc2)CC1. The van der Waals surface area contributed by atoms with E-state index in [2.05, 4.69) is 4.90 Å². The largest absolute Gasteiger partial charge is 0.508 e. The molecule has 0 radical (unpaired) electrons. The number of rotatable bonds is 4. The Morgan fingerprint density at radius 2 is 1.85 bits per heavy atom. The quantitative estimate of drug-likeness (QED) is 0.512. The number of non-ortho nitro benzene ring substituents is 1. The van der Waals surface area contributed by atoms with Crippen molar-refractivity contribution in [2.75, 3.05) is 25.1 Å². The molecule has 0 bridgehead atoms. The maximum Gasteiger partial charge on any atom is 0.340 e. The zero-order valence-corrected chi connectivity index (χ0v) is 14.4. The standard InChI is InChI=1S/C19H20N2O5/c1-26-19(23)17-12-15(21(24)25)4-7-18(17)20-10-8-14(9-11-20)13-2-5-16(22)6-3-13/h2-7,12,14,22H,8-11H2,1H3. The molecule has 1 saturated heterocycles. The van der Waals surface area contributed by atoms with Crippen LogP contribution in [0.25, 0.3) is 0 Å². The smallest absolute Gasteiger partial charge is 0.340 e. The minimum Gasteiger partial charge on any atom is -0.508 e. The molecule has 7 nitrogen and oxygen atoms in total. The minimum absolute atomic E-state index is 0.131. The molecule has 0 atom stereocenters. The van der Waals surface area contributed by atoms with Gasteiger partial charge < -0.3 is 14.7 Å². The molecule has 0 aliphatic carbocycles. The molecule has 0 saturated carbocycles. The summed E-state index contributed by atoms with van der Waals surface area (Å²) in [4.78, 5) is 24.6. The fourth-order valence-electron chi connectivity index (χ4n) is 3.39. The van der Waals surface area contributed by atoms with Gasteiger partial charge in [-0.05, 0) is 42.5 Å². The number of aromatic hydroxyl groups is 1. The van der Waals surface area contributed by atoms with Crippen molar-refractivity contribution in [3.8, 4) is 5.75 Å². The predicted molar refractivity (Wildman–Crippen MR) is 96.7 cm³/mol. The van der Waals surface area contributed by atoms with E-state index in [4.69, 9.17) is 4.74 Å². The summed E-state index contributed by atoms with van der Waals surface area (Å²) in [6.07, 6.45) is 1.78. The molecule has 0 spiro atoms. The summed E-state index contributed by atoms with van der Waals surface area (Å²) in [5.41, 5.74) is 1.92. The van der Waals surface area contributed by atoms with Crippen LogP contribution in [0.1, 0.15) is 34.7 Å². The number of benzene rings is 2. The predicted octanol–water partition coefficient (Wildman–Crippen LogP) is 3.47. The fourth-order valence-corrected chi connectivity index (χ4v) is 3.39. The minimum atomic E-state index is -0.579. The Hall–Kier alpha value is -3.09. The molecule has 2 aromatic carbocycles. The Kier molecular flexibility index (Phi) is 5.06. The van der Waals surface area contributed by atoms with Gasteiger partial charge >= 0.3 is 5.97 Å². The summed E-state index contributed by atoms with van der Waals surface area (Å²) < 4.78 is 4.79. The lowest BCUT2D eigenvalue weighted by atomic mass is 9.89. The number of piperidine rings is 1. The number of phenolic OH excluding ortho intramolecular Hbond substituents is 1. The van der Waals surface area contributed by atoms with Gasteiger partial charge in [-0.2, -0.15) is 0 Å². The first kappa shape index (κ1) is 17.7. The number of carbonyl (C=O) groups excluding carboxylic acids is 1. The van der Waals surface area contributed by atoms with Crippen LogP contribution in [-0.4, -0.2) is 36.2 Å². The van der Waals surface area contributed by atoms with E-state index in [0.29, 0.717) is 11.6 Å². The van der Waals surface area contributed by atoms with Crippen molar-refractivity contribution >= 4 is 17.3 Å². The van der Waals surface area contributed by atoms with Crippen LogP contribution in [0.4, 0.5) is 11.4 Å². The van der Waals surface area contributed by atoms with Crippen LogP contribution in [0.3, 0.4) is 0 Å². The summed E-state index contributed by atoms with van der Waals surface area (Å²) in [6.45, 7) is 1.46. The van der Waals surface area contributed by atoms with Crippen LogP contribution < -0.4 is 4.90 Å². The Bertz CT molecular complexity index is 811. The Morgan fingerprint density at radius 3 is 2.42 bits per heavy atom. The van der Waals surface area contributed by atoms with Gasteiger partial charge in [-0.15, -0.1) is 0 Å². The molecule has 0 amide bonds. The van der Waals surface area contributed by atoms with E-state index < -0.39 is 10.9 Å². The van der Waals surface area contributed by atoms with E-state index in [1.165, 1.54) is 24.8 Å². The van der Waals surface area contributed by atoms with E-state index in [0.717, 1.165) is 25.9 Å². The molecular weight excluding hydrogens is 336 g/mol. The number of ether oxygens (including phenoxy) is 1. The Morgan fingerprint density at radius 1 is 1.19 bits per heavy atom. The van der Waals surface area contributed by atoms with E-state index >= 15 is 0 Å². The fraction of sp³-hybridized carbons (Fsp3) is 0.316. The lowest BCUT2D eigenvalue weighted by Gasteiger charge is -2.34. The molecule has 3 rings (SSSR count). The van der Waals surface area contributed by atoms with Crippen molar-refractivity contribution in [3.05, 3.63) is 63.7 Å². The van der Waals surface area contributed by atoms with Gasteiger partial charge in [-0.3, -0.25) is 10.1 Å². The lowest BCUT2D eigenvalue weighted by Crippen LogP contribution is -2.34. The second-order valence-electron chi connectivity index (χ2n) is 6.30. The van der Waals surface area contributed by atoms with Crippen molar-refractivity contribution in [1.82, 2.24) is 0 Å². The first-order valence-corrected chi connectivity index (χ1v) is 8.40. The number of methoxy groups -OCH3 is 1. The van der Waals surface area contributed by atoms with Crippen LogP contribution in [0.15, 0.2) is 42.5 Å². The number of carbonyl (C=O) groups is 1. The molecule has 136 valence electrons. The number of esters is 1. The summed E-state index contributed by atoms with van der Waals surface area (Å²) in [6, 6.07) is 11.5. The molecule has 1 fully saturated rings. The number of hydrogen-bond donors (Lipinski definition) is 1. The molecule has 2 aromatic rings. The van der Waals surface area contributed by atoms with Crippen LogP contribution in [0.5, 0.6) is 5.75 Å². The number of hydrogen-bond acceptors (Lipinski definition) is 6. The van der Waals surface area contributed by atoms with E-state index in [9.17, 15) is 20.0 Å². The normalized spacial score (nSPS) is 14.9. The Labute approximate surface area is 151 Å². The summed E-state index contributed by atoms with van der Waals surface area (Å²) in [5.74, 6) is 0.0515. The first-order valence-electron chi connectivity index (χ1n) is 8.40. The molecule has 1 heterocycles. The van der Waals surface area contributed by atoms with Crippen molar-refractivity contribution in [2.24, 2.45) is 0 Å². The average molecular weight is 356 g/mol. The molecule has 1 aliphatic heterocycles. The topological polar surface area (TPSA) is 92.9 Å². The molecular formula is C19H20N2O5. The van der Waals surface area contributed by atoms with Gasteiger partial charge in [-0.1, -0.05) is 12.1 Å². The first-order chi connectivity index (χ1) is 12.5. The molecule has 7 heteroatoms.